The number of nitrogens with one attached hydrogen (secondary N) is 1. The minimum Gasteiger partial charge on any atom is -0.360 e. The molecule has 1 heterocycles. The van der Waals surface area contributed by atoms with Gasteiger partial charge in [0.05, 0.1) is 4.92 Å². The lowest BCUT2D eigenvalue weighted by Gasteiger charge is -2.05. The van der Waals surface area contributed by atoms with E-state index in [1.807, 2.05) is 0 Å². The van der Waals surface area contributed by atoms with Gasteiger partial charge in [-0.15, -0.1) is 0 Å². The van der Waals surface area contributed by atoms with Gasteiger partial charge < -0.3 is 5.32 Å². The molecule has 6 heteroatoms. The highest BCUT2D eigenvalue weighted by atomic mass is 79.9. The summed E-state index contributed by atoms with van der Waals surface area (Å²) in [6.07, 6.45) is 0. The maximum Gasteiger partial charge on any atom is 0.311 e. The SMILES string of the molecule is C=C(Br)CNc1nc(C)ccc1[N+](=O)[O-]. The van der Waals surface area contributed by atoms with Gasteiger partial charge in [0, 0.05) is 22.8 Å². The maximum absolute atomic E-state index is 10.7. The molecule has 0 amide bonds. The molecule has 0 unspecified atom stereocenters. The van der Waals surface area contributed by atoms with Crippen molar-refractivity contribution in [1.29, 1.82) is 0 Å². The number of halogens is 1. The van der Waals surface area contributed by atoms with Crippen LogP contribution >= 0.6 is 15.9 Å². The third-order valence-corrected chi connectivity index (χ3v) is 1.94. The Balaban J connectivity index is 2.96. The lowest BCUT2D eigenvalue weighted by atomic mass is 10.3. The lowest BCUT2D eigenvalue weighted by Crippen LogP contribution is -2.06. The first-order valence-electron chi connectivity index (χ1n) is 4.20. The van der Waals surface area contributed by atoms with E-state index < -0.39 is 4.92 Å². The number of hydrogen-bond donors (Lipinski definition) is 1. The largest absolute Gasteiger partial charge is 0.360 e. The van der Waals surface area contributed by atoms with Crippen molar-refractivity contribution in [2.45, 2.75) is 6.92 Å². The molecule has 0 saturated heterocycles. The summed E-state index contributed by atoms with van der Waals surface area (Å²) in [5, 5.41) is 13.5. The van der Waals surface area contributed by atoms with Crippen LogP contribution in [0, 0.1) is 17.0 Å². The van der Waals surface area contributed by atoms with Gasteiger partial charge in [-0.25, -0.2) is 4.98 Å². The Hall–Kier alpha value is -1.43. The van der Waals surface area contributed by atoms with Crippen LogP contribution < -0.4 is 5.32 Å². The first-order valence-corrected chi connectivity index (χ1v) is 4.99. The monoisotopic (exact) mass is 271 g/mol. The second kappa shape index (κ2) is 4.88. The number of anilines is 1. The molecule has 0 aliphatic rings. The average Bonchev–Trinajstić information content (AvgIpc) is 2.14. The van der Waals surface area contributed by atoms with E-state index in [1.165, 1.54) is 6.07 Å². The van der Waals surface area contributed by atoms with Gasteiger partial charge in [0.15, 0.2) is 0 Å². The van der Waals surface area contributed by atoms with Crippen molar-refractivity contribution in [2.24, 2.45) is 0 Å². The number of hydrogen-bond acceptors (Lipinski definition) is 4. The quantitative estimate of drug-likeness (QED) is 0.675. The van der Waals surface area contributed by atoms with Crippen molar-refractivity contribution in [2.75, 3.05) is 11.9 Å². The topological polar surface area (TPSA) is 68.1 Å². The first kappa shape index (κ1) is 11.6. The fourth-order valence-electron chi connectivity index (χ4n) is 1.01. The summed E-state index contributed by atoms with van der Waals surface area (Å²) in [6.45, 7) is 5.80. The second-order valence-electron chi connectivity index (χ2n) is 2.95. The summed E-state index contributed by atoms with van der Waals surface area (Å²) in [7, 11) is 0. The summed E-state index contributed by atoms with van der Waals surface area (Å²) < 4.78 is 0.708. The fraction of sp³-hybridized carbons (Fsp3) is 0.222. The summed E-state index contributed by atoms with van der Waals surface area (Å²) in [5.74, 6) is 0.264. The number of pyridine rings is 1. The highest BCUT2D eigenvalue weighted by Gasteiger charge is 2.14. The number of rotatable bonds is 4. The fourth-order valence-corrected chi connectivity index (χ4v) is 1.15. The van der Waals surface area contributed by atoms with E-state index in [0.717, 1.165) is 5.69 Å². The summed E-state index contributed by atoms with van der Waals surface area (Å²) in [6, 6.07) is 3.04. The molecule has 0 bridgehead atoms. The molecule has 0 aliphatic heterocycles. The van der Waals surface area contributed by atoms with Crippen molar-refractivity contribution in [3.8, 4) is 0 Å². The van der Waals surface area contributed by atoms with E-state index in [2.05, 4.69) is 32.8 Å². The minimum atomic E-state index is -0.467. The van der Waals surface area contributed by atoms with Crippen molar-refractivity contribution in [3.63, 3.8) is 0 Å². The molecule has 0 aliphatic carbocycles. The van der Waals surface area contributed by atoms with E-state index in [9.17, 15) is 10.1 Å². The minimum absolute atomic E-state index is 0.0330. The second-order valence-corrected chi connectivity index (χ2v) is 4.07. The Morgan fingerprint density at radius 2 is 2.40 bits per heavy atom. The molecule has 1 aromatic heterocycles. The van der Waals surface area contributed by atoms with Crippen molar-refractivity contribution < 1.29 is 4.92 Å². The van der Waals surface area contributed by atoms with Crippen LogP contribution in [-0.4, -0.2) is 16.5 Å². The molecule has 1 N–H and O–H groups in total. The van der Waals surface area contributed by atoms with E-state index in [0.29, 0.717) is 11.0 Å². The van der Waals surface area contributed by atoms with Gasteiger partial charge in [0.2, 0.25) is 5.82 Å². The van der Waals surface area contributed by atoms with Crippen LogP contribution in [0.2, 0.25) is 0 Å². The molecule has 0 saturated carbocycles. The van der Waals surface area contributed by atoms with Crippen LogP contribution in [-0.2, 0) is 0 Å². The van der Waals surface area contributed by atoms with Crippen molar-refractivity contribution >= 4 is 27.4 Å². The van der Waals surface area contributed by atoms with Crippen LogP contribution in [0.4, 0.5) is 11.5 Å². The van der Waals surface area contributed by atoms with Crippen molar-refractivity contribution in [1.82, 2.24) is 4.98 Å². The van der Waals surface area contributed by atoms with E-state index in [1.54, 1.807) is 13.0 Å². The molecule has 5 nitrogen and oxygen atoms in total. The Morgan fingerprint density at radius 1 is 1.73 bits per heavy atom. The predicted octanol–water partition coefficient (Wildman–Crippen LogP) is 2.62. The van der Waals surface area contributed by atoms with Gasteiger partial charge >= 0.3 is 5.69 Å². The molecule has 1 rings (SSSR count). The lowest BCUT2D eigenvalue weighted by molar-refractivity contribution is -0.384. The van der Waals surface area contributed by atoms with Gasteiger partial charge in [-0.2, -0.15) is 0 Å². The van der Waals surface area contributed by atoms with E-state index in [4.69, 9.17) is 0 Å². The Bertz CT molecular complexity index is 406. The molecule has 0 radical (unpaired) electrons. The average molecular weight is 272 g/mol. The summed E-state index contributed by atoms with van der Waals surface area (Å²) in [4.78, 5) is 14.3. The van der Waals surface area contributed by atoms with Gasteiger partial charge in [0.25, 0.3) is 0 Å². The van der Waals surface area contributed by atoms with E-state index >= 15 is 0 Å². The highest BCUT2D eigenvalue weighted by Crippen LogP contribution is 2.22. The molecule has 80 valence electrons. The summed E-state index contributed by atoms with van der Waals surface area (Å²) in [5.41, 5.74) is 0.692. The Kier molecular flexibility index (Phi) is 3.79. The van der Waals surface area contributed by atoms with Crippen molar-refractivity contribution in [3.05, 3.63) is 39.0 Å². The van der Waals surface area contributed by atoms with Crippen LogP contribution in [0.5, 0.6) is 0 Å². The zero-order valence-electron chi connectivity index (χ0n) is 8.16. The number of nitro groups is 1. The molecule has 15 heavy (non-hydrogen) atoms. The van der Waals surface area contributed by atoms with Crippen LogP contribution in [0.1, 0.15) is 5.69 Å². The van der Waals surface area contributed by atoms with Crippen LogP contribution in [0.15, 0.2) is 23.2 Å². The number of nitrogens with zero attached hydrogens (tertiary/aromatic N) is 2. The Labute approximate surface area is 95.5 Å². The Morgan fingerprint density at radius 3 is 2.93 bits per heavy atom. The van der Waals surface area contributed by atoms with Crippen LogP contribution in [0.25, 0.3) is 0 Å². The molecular weight excluding hydrogens is 262 g/mol. The highest BCUT2D eigenvalue weighted by molar-refractivity contribution is 9.11. The van der Waals surface area contributed by atoms with Gasteiger partial charge in [-0.3, -0.25) is 10.1 Å². The van der Waals surface area contributed by atoms with Crippen LogP contribution in [0.3, 0.4) is 0 Å². The smallest absolute Gasteiger partial charge is 0.311 e. The van der Waals surface area contributed by atoms with Gasteiger partial charge in [-0.1, -0.05) is 22.5 Å². The van der Waals surface area contributed by atoms with Gasteiger partial charge in [-0.05, 0) is 13.0 Å². The third-order valence-electron chi connectivity index (χ3n) is 1.66. The molecule has 1 aromatic rings. The zero-order valence-corrected chi connectivity index (χ0v) is 9.74. The first-order chi connectivity index (χ1) is 7.00. The summed E-state index contributed by atoms with van der Waals surface area (Å²) >= 11 is 3.16. The molecule has 0 aromatic carbocycles. The normalized spacial score (nSPS) is 9.73. The maximum atomic E-state index is 10.7. The molecular formula is C9H10BrN3O2. The standard InChI is InChI=1S/C9H10BrN3O2/c1-6(10)5-11-9-8(13(14)15)4-3-7(2)12-9/h3-4H,1,5H2,2H3,(H,11,12). The molecule has 0 atom stereocenters. The van der Waals surface area contributed by atoms with Gasteiger partial charge in [0.1, 0.15) is 0 Å². The molecule has 0 spiro atoms. The van der Waals surface area contributed by atoms with E-state index in [-0.39, 0.29) is 11.5 Å². The molecule has 0 fully saturated rings. The zero-order chi connectivity index (χ0) is 11.4. The number of aromatic nitrogens is 1. The number of aryl methyl sites for hydroxylation is 1. The third kappa shape index (κ3) is 3.32. The predicted molar refractivity (Wildman–Crippen MR) is 62.2 cm³/mol.